The van der Waals surface area contributed by atoms with Gasteiger partial charge in [0.1, 0.15) is 11.9 Å². The average molecular weight is 826 g/mol. The fourth-order valence-corrected chi connectivity index (χ4v) is 10.1. The first-order chi connectivity index (χ1) is 29.5. The number of para-hydroxylation sites is 1. The van der Waals surface area contributed by atoms with E-state index in [0.717, 1.165) is 91.8 Å². The van der Waals surface area contributed by atoms with Crippen molar-refractivity contribution < 1.29 is 24.2 Å². The molecule has 61 heavy (non-hydrogen) atoms. The SMILES string of the molecule is Cc1cc(C(=O)N2CCC(CN3CCC(n4c(C)cc5c(N6CCC(=O)NC6=O)cccc54)CC3)CC2)ccc1[C@@H]1CN(c2cc(-c3ccccc3O)nnc2N)C[C@@H](C)O1. The van der Waals surface area contributed by atoms with Crippen LogP contribution in [0.1, 0.15) is 78.4 Å². The molecule has 4 fully saturated rings. The number of phenols is 1. The normalized spacial score (nSPS) is 21.0. The van der Waals surface area contributed by atoms with Crippen LogP contribution < -0.4 is 20.9 Å². The highest BCUT2D eigenvalue weighted by molar-refractivity contribution is 6.09. The summed E-state index contributed by atoms with van der Waals surface area (Å²) in [6.07, 6.45) is 4.07. The molecule has 4 saturated heterocycles. The molecular formula is C47H55N9O5. The minimum atomic E-state index is -0.357. The number of nitrogen functional groups attached to an aromatic ring is 1. The van der Waals surface area contributed by atoms with Crippen LogP contribution in [0.15, 0.2) is 72.8 Å². The third kappa shape index (κ3) is 8.14. The molecule has 4 aliphatic rings. The van der Waals surface area contributed by atoms with Gasteiger partial charge in [-0.2, -0.15) is 0 Å². The zero-order valence-electron chi connectivity index (χ0n) is 35.2. The lowest BCUT2D eigenvalue weighted by Gasteiger charge is -2.39. The molecule has 0 bridgehead atoms. The smallest absolute Gasteiger partial charge is 0.328 e. The van der Waals surface area contributed by atoms with Crippen LogP contribution in [0, 0.1) is 19.8 Å². The van der Waals surface area contributed by atoms with Crippen LogP contribution in [0.25, 0.3) is 22.2 Å². The Hall–Kier alpha value is -5.99. The Morgan fingerprint density at radius 1 is 0.885 bits per heavy atom. The Balaban J connectivity index is 0.785. The first kappa shape index (κ1) is 40.4. The van der Waals surface area contributed by atoms with Crippen LogP contribution in [-0.4, -0.2) is 106 Å². The van der Waals surface area contributed by atoms with Crippen molar-refractivity contribution in [2.45, 2.75) is 71.1 Å². The van der Waals surface area contributed by atoms with Crippen LogP contribution in [0.4, 0.5) is 22.0 Å². The number of hydrogen-bond donors (Lipinski definition) is 3. The number of urea groups is 1. The highest BCUT2D eigenvalue weighted by Crippen LogP contribution is 2.38. The summed E-state index contributed by atoms with van der Waals surface area (Å²) in [5.41, 5.74) is 14.2. The topological polar surface area (TPSA) is 162 Å². The van der Waals surface area contributed by atoms with E-state index in [0.29, 0.717) is 60.7 Å². The number of fused-ring (bicyclic) bond motifs is 1. The number of amides is 4. The number of ether oxygens (including phenoxy) is 1. The Labute approximate surface area is 356 Å². The van der Waals surface area contributed by atoms with Crippen LogP contribution in [0.3, 0.4) is 0 Å². The number of imide groups is 1. The lowest BCUT2D eigenvalue weighted by Crippen LogP contribution is -2.49. The van der Waals surface area contributed by atoms with E-state index >= 15 is 0 Å². The summed E-state index contributed by atoms with van der Waals surface area (Å²) in [6.45, 7) is 12.4. The van der Waals surface area contributed by atoms with E-state index in [-0.39, 0.29) is 35.8 Å². The fraction of sp³-hybridized carbons (Fsp3) is 0.426. The Morgan fingerprint density at radius 3 is 2.43 bits per heavy atom. The van der Waals surface area contributed by atoms with Crippen molar-refractivity contribution in [2.24, 2.45) is 5.92 Å². The molecule has 4 N–H and O–H groups in total. The third-order valence-electron chi connectivity index (χ3n) is 13.2. The summed E-state index contributed by atoms with van der Waals surface area (Å²) in [6, 6.07) is 23.2. The van der Waals surface area contributed by atoms with E-state index < -0.39 is 0 Å². The first-order valence-corrected chi connectivity index (χ1v) is 21.7. The van der Waals surface area contributed by atoms with Gasteiger partial charge in [-0.3, -0.25) is 19.8 Å². The molecule has 9 rings (SSSR count). The van der Waals surface area contributed by atoms with E-state index in [4.69, 9.17) is 10.5 Å². The Morgan fingerprint density at radius 2 is 1.67 bits per heavy atom. The van der Waals surface area contributed by atoms with E-state index in [1.807, 2.05) is 61.2 Å². The molecule has 0 saturated carbocycles. The number of phenolic OH excluding ortho intramolecular Hbond substituents is 1. The highest BCUT2D eigenvalue weighted by atomic mass is 16.5. The van der Waals surface area contributed by atoms with Crippen molar-refractivity contribution in [1.29, 1.82) is 0 Å². The van der Waals surface area contributed by atoms with E-state index in [1.54, 1.807) is 23.1 Å². The summed E-state index contributed by atoms with van der Waals surface area (Å²) in [4.78, 5) is 46.8. The number of aromatic nitrogens is 3. The lowest BCUT2D eigenvalue weighted by atomic mass is 9.93. The highest BCUT2D eigenvalue weighted by Gasteiger charge is 2.32. The van der Waals surface area contributed by atoms with Crippen molar-refractivity contribution >= 4 is 45.9 Å². The van der Waals surface area contributed by atoms with Gasteiger partial charge in [0.05, 0.1) is 28.7 Å². The van der Waals surface area contributed by atoms with Gasteiger partial charge in [-0.05, 0) is 112 Å². The number of aromatic hydroxyl groups is 1. The lowest BCUT2D eigenvalue weighted by molar-refractivity contribution is -0.120. The molecule has 4 amide bonds. The molecular weight excluding hydrogens is 771 g/mol. The summed E-state index contributed by atoms with van der Waals surface area (Å²) < 4.78 is 8.92. The van der Waals surface area contributed by atoms with Gasteiger partial charge in [0.25, 0.3) is 5.91 Å². The Kier molecular flexibility index (Phi) is 11.1. The summed E-state index contributed by atoms with van der Waals surface area (Å²) in [5.74, 6) is 0.850. The van der Waals surface area contributed by atoms with Gasteiger partial charge >= 0.3 is 6.03 Å². The predicted octanol–water partition coefficient (Wildman–Crippen LogP) is 6.60. The number of piperidine rings is 2. The number of benzene rings is 3. The van der Waals surface area contributed by atoms with Crippen LogP contribution in [0.2, 0.25) is 0 Å². The third-order valence-corrected chi connectivity index (χ3v) is 13.2. The fourth-order valence-electron chi connectivity index (χ4n) is 10.1. The molecule has 2 aromatic heterocycles. The van der Waals surface area contributed by atoms with Crippen LogP contribution in [-0.2, 0) is 9.53 Å². The zero-order chi connectivity index (χ0) is 42.4. The van der Waals surface area contributed by atoms with Crippen molar-refractivity contribution in [3.63, 3.8) is 0 Å². The molecule has 3 aromatic carbocycles. The molecule has 14 heteroatoms. The average Bonchev–Trinajstić information content (AvgIpc) is 3.60. The molecule has 0 aliphatic carbocycles. The molecule has 5 aromatic rings. The number of nitrogens with zero attached hydrogens (tertiary/aromatic N) is 7. The second-order valence-corrected chi connectivity index (χ2v) is 17.3. The van der Waals surface area contributed by atoms with Crippen molar-refractivity contribution in [3.8, 4) is 17.0 Å². The largest absolute Gasteiger partial charge is 0.507 e. The number of aryl methyl sites for hydroxylation is 2. The van der Waals surface area contributed by atoms with E-state index in [9.17, 15) is 19.5 Å². The van der Waals surface area contributed by atoms with Gasteiger partial charge in [-0.1, -0.05) is 24.3 Å². The molecule has 0 unspecified atom stereocenters. The molecule has 6 heterocycles. The van der Waals surface area contributed by atoms with Crippen molar-refractivity contribution in [1.82, 2.24) is 29.9 Å². The molecule has 0 spiro atoms. The maximum Gasteiger partial charge on any atom is 0.328 e. The van der Waals surface area contributed by atoms with E-state index in [2.05, 4.69) is 48.9 Å². The quantitative estimate of drug-likeness (QED) is 0.155. The summed E-state index contributed by atoms with van der Waals surface area (Å²) in [5, 5.41) is 22.4. The first-order valence-electron chi connectivity index (χ1n) is 21.7. The van der Waals surface area contributed by atoms with Gasteiger partial charge in [0.2, 0.25) is 5.91 Å². The number of anilines is 3. The van der Waals surface area contributed by atoms with Crippen LogP contribution in [0.5, 0.6) is 5.75 Å². The molecule has 4 aliphatic heterocycles. The van der Waals surface area contributed by atoms with Gasteiger partial charge in [-0.25, -0.2) is 4.79 Å². The molecule has 2 atom stereocenters. The van der Waals surface area contributed by atoms with Gasteiger partial charge in [0, 0.05) is 87.0 Å². The number of rotatable bonds is 8. The number of carbonyl (C=O) groups is 3. The minimum Gasteiger partial charge on any atom is -0.507 e. The predicted molar refractivity (Wildman–Crippen MR) is 236 cm³/mol. The minimum absolute atomic E-state index is 0.0766. The number of nitrogens with one attached hydrogen (secondary N) is 1. The second kappa shape index (κ2) is 16.8. The van der Waals surface area contributed by atoms with E-state index in [1.165, 1.54) is 5.69 Å². The number of carbonyl (C=O) groups excluding carboxylic acids is 3. The molecule has 0 radical (unpaired) electrons. The number of nitrogens with two attached hydrogens (primary N) is 1. The monoisotopic (exact) mass is 825 g/mol. The maximum absolute atomic E-state index is 13.8. The zero-order valence-corrected chi connectivity index (χ0v) is 35.2. The van der Waals surface area contributed by atoms with Crippen molar-refractivity contribution in [2.75, 3.05) is 67.9 Å². The Bertz CT molecular complexity index is 2470. The number of morpholine rings is 1. The number of hydrogen-bond acceptors (Lipinski definition) is 10. The summed E-state index contributed by atoms with van der Waals surface area (Å²) >= 11 is 0. The second-order valence-electron chi connectivity index (χ2n) is 17.3. The van der Waals surface area contributed by atoms with Gasteiger partial charge in [-0.15, -0.1) is 10.2 Å². The van der Waals surface area contributed by atoms with Crippen molar-refractivity contribution in [3.05, 3.63) is 95.2 Å². The number of likely N-dealkylation sites (tertiary alicyclic amines) is 2. The maximum atomic E-state index is 13.8. The summed E-state index contributed by atoms with van der Waals surface area (Å²) in [7, 11) is 0. The van der Waals surface area contributed by atoms with Gasteiger partial charge in [0.15, 0.2) is 5.82 Å². The standard InChI is InChI=1S/C47H55N9O5/c1-29-23-33(11-12-35(29)43-28-54(26-31(3)61-43)41-25-38(50-51-45(41)48)36-7-4-5-10-42(36)57)46(59)53-20-13-32(14-21-53)27-52-18-15-34(16-19-52)56-30(2)24-37-39(8-6-9-40(37)56)55-22-17-44(58)49-47(55)60/h4-12,23-25,31-32,34,43,57H,13-22,26-28H2,1-3H3,(H2,48,51)(H,49,58,60)/t31-,43+/m1/s1. The van der Waals surface area contributed by atoms with Crippen LogP contribution >= 0.6 is 0 Å². The molecule has 318 valence electrons. The molecule has 14 nitrogen and oxygen atoms in total. The van der Waals surface area contributed by atoms with Gasteiger partial charge < -0.3 is 34.8 Å².